The molecule has 0 aromatic heterocycles. The molecule has 0 bridgehead atoms. The van der Waals surface area contributed by atoms with Crippen LogP contribution in [0.2, 0.25) is 0 Å². The van der Waals surface area contributed by atoms with Crippen molar-refractivity contribution in [1.82, 2.24) is 0 Å². The molecule has 2 N–H and O–H groups in total. The summed E-state index contributed by atoms with van der Waals surface area (Å²) in [4.78, 5) is 11.8. The van der Waals surface area contributed by atoms with Gasteiger partial charge in [-0.3, -0.25) is 4.79 Å². The molecule has 0 fully saturated rings. The average Bonchev–Trinajstić information content (AvgIpc) is 2.36. The second kappa shape index (κ2) is 5.06. The molecule has 2 aromatic rings. The van der Waals surface area contributed by atoms with Gasteiger partial charge >= 0.3 is 0 Å². The SMILES string of the molecule is Cc1cc(F)c(NC(=O)c2cccc(O)c2)cc1F. The third kappa shape index (κ3) is 2.88. The highest BCUT2D eigenvalue weighted by molar-refractivity contribution is 6.04. The summed E-state index contributed by atoms with van der Waals surface area (Å²) in [7, 11) is 0. The molecule has 0 saturated carbocycles. The molecule has 0 heterocycles. The van der Waals surface area contributed by atoms with E-state index in [1.165, 1.54) is 31.2 Å². The second-order valence-corrected chi connectivity index (χ2v) is 4.09. The van der Waals surface area contributed by atoms with E-state index >= 15 is 0 Å². The van der Waals surface area contributed by atoms with Gasteiger partial charge in [-0.2, -0.15) is 0 Å². The molecule has 5 heteroatoms. The number of carbonyl (C=O) groups excluding carboxylic acids is 1. The lowest BCUT2D eigenvalue weighted by molar-refractivity contribution is 0.102. The van der Waals surface area contributed by atoms with Crippen molar-refractivity contribution in [2.24, 2.45) is 0 Å². The minimum atomic E-state index is -0.715. The van der Waals surface area contributed by atoms with E-state index in [-0.39, 0.29) is 22.6 Å². The summed E-state index contributed by atoms with van der Waals surface area (Å²) in [5, 5.41) is 11.5. The Labute approximate surface area is 108 Å². The van der Waals surface area contributed by atoms with E-state index < -0.39 is 17.5 Å². The Morgan fingerprint density at radius 3 is 2.58 bits per heavy atom. The largest absolute Gasteiger partial charge is 0.508 e. The lowest BCUT2D eigenvalue weighted by Gasteiger charge is -2.08. The summed E-state index contributed by atoms with van der Waals surface area (Å²) in [6, 6.07) is 7.51. The predicted molar refractivity (Wildman–Crippen MR) is 67.2 cm³/mol. The number of anilines is 1. The van der Waals surface area contributed by atoms with Crippen molar-refractivity contribution in [2.45, 2.75) is 6.92 Å². The molecule has 0 spiro atoms. The van der Waals surface area contributed by atoms with Crippen molar-refractivity contribution in [3.63, 3.8) is 0 Å². The smallest absolute Gasteiger partial charge is 0.255 e. The van der Waals surface area contributed by atoms with Crippen LogP contribution < -0.4 is 5.32 Å². The van der Waals surface area contributed by atoms with Crippen LogP contribution in [-0.2, 0) is 0 Å². The Morgan fingerprint density at radius 1 is 1.16 bits per heavy atom. The van der Waals surface area contributed by atoms with E-state index in [1.54, 1.807) is 0 Å². The lowest BCUT2D eigenvalue weighted by atomic mass is 10.1. The minimum Gasteiger partial charge on any atom is -0.508 e. The predicted octanol–water partition coefficient (Wildman–Crippen LogP) is 3.23. The molecule has 98 valence electrons. The fraction of sp³-hybridized carbons (Fsp3) is 0.0714. The minimum absolute atomic E-state index is 0.0804. The average molecular weight is 263 g/mol. The maximum atomic E-state index is 13.6. The van der Waals surface area contributed by atoms with Gasteiger partial charge in [0.2, 0.25) is 0 Å². The molecule has 0 aliphatic carbocycles. The number of hydrogen-bond acceptors (Lipinski definition) is 2. The van der Waals surface area contributed by atoms with Crippen LogP contribution in [0.5, 0.6) is 5.75 Å². The highest BCUT2D eigenvalue weighted by atomic mass is 19.1. The van der Waals surface area contributed by atoms with Crippen molar-refractivity contribution >= 4 is 11.6 Å². The lowest BCUT2D eigenvalue weighted by Crippen LogP contribution is -2.13. The molecular formula is C14H11F2NO2. The fourth-order valence-corrected chi connectivity index (χ4v) is 1.58. The first-order valence-electron chi connectivity index (χ1n) is 5.53. The van der Waals surface area contributed by atoms with E-state index in [4.69, 9.17) is 0 Å². The monoisotopic (exact) mass is 263 g/mol. The first-order chi connectivity index (χ1) is 8.97. The molecule has 3 nitrogen and oxygen atoms in total. The Bertz CT molecular complexity index is 641. The normalized spacial score (nSPS) is 10.3. The van der Waals surface area contributed by atoms with Gasteiger partial charge in [-0.25, -0.2) is 8.78 Å². The van der Waals surface area contributed by atoms with Crippen LogP contribution in [0.25, 0.3) is 0 Å². The quantitative estimate of drug-likeness (QED) is 0.873. The van der Waals surface area contributed by atoms with Gasteiger partial charge in [0.1, 0.15) is 17.4 Å². The Morgan fingerprint density at radius 2 is 1.89 bits per heavy atom. The maximum absolute atomic E-state index is 13.6. The van der Waals surface area contributed by atoms with Crippen molar-refractivity contribution in [1.29, 1.82) is 0 Å². The standard InChI is InChI=1S/C14H11F2NO2/c1-8-5-12(16)13(7-11(8)15)17-14(19)9-3-2-4-10(18)6-9/h2-7,18H,1H3,(H,17,19). The molecule has 0 saturated heterocycles. The van der Waals surface area contributed by atoms with Gasteiger partial charge in [0.25, 0.3) is 5.91 Å². The number of nitrogens with one attached hydrogen (secondary N) is 1. The zero-order valence-electron chi connectivity index (χ0n) is 10.1. The first-order valence-corrected chi connectivity index (χ1v) is 5.53. The summed E-state index contributed by atoms with van der Waals surface area (Å²) < 4.78 is 26.9. The Hall–Kier alpha value is -2.43. The number of hydrogen-bond donors (Lipinski definition) is 2. The van der Waals surface area contributed by atoms with Crippen LogP contribution >= 0.6 is 0 Å². The van der Waals surface area contributed by atoms with Gasteiger partial charge in [-0.05, 0) is 36.8 Å². The van der Waals surface area contributed by atoms with Crippen molar-refractivity contribution in [3.05, 3.63) is 59.2 Å². The molecule has 19 heavy (non-hydrogen) atoms. The first kappa shape index (κ1) is 13.0. The fourth-order valence-electron chi connectivity index (χ4n) is 1.58. The number of amides is 1. The molecular weight excluding hydrogens is 252 g/mol. The van der Waals surface area contributed by atoms with Crippen LogP contribution in [0.4, 0.5) is 14.5 Å². The zero-order chi connectivity index (χ0) is 14.0. The van der Waals surface area contributed by atoms with Gasteiger partial charge in [0, 0.05) is 11.6 Å². The van der Waals surface area contributed by atoms with Gasteiger partial charge < -0.3 is 10.4 Å². The molecule has 2 rings (SSSR count). The van der Waals surface area contributed by atoms with E-state index in [1.807, 2.05) is 0 Å². The maximum Gasteiger partial charge on any atom is 0.255 e. The molecule has 2 aromatic carbocycles. The molecule has 0 aliphatic heterocycles. The third-order valence-electron chi connectivity index (χ3n) is 2.60. The summed E-state index contributed by atoms with van der Waals surface area (Å²) in [5.41, 5.74) is 0.0738. The topological polar surface area (TPSA) is 49.3 Å². The summed E-state index contributed by atoms with van der Waals surface area (Å²) >= 11 is 0. The van der Waals surface area contributed by atoms with E-state index in [0.29, 0.717) is 0 Å². The number of benzene rings is 2. The van der Waals surface area contributed by atoms with Gasteiger partial charge in [-0.15, -0.1) is 0 Å². The molecule has 0 aliphatic rings. The van der Waals surface area contributed by atoms with Crippen LogP contribution in [0.3, 0.4) is 0 Å². The Kier molecular flexibility index (Phi) is 3.46. The van der Waals surface area contributed by atoms with Crippen molar-refractivity contribution in [3.8, 4) is 5.75 Å². The third-order valence-corrected chi connectivity index (χ3v) is 2.60. The van der Waals surface area contributed by atoms with Crippen LogP contribution in [0, 0.1) is 18.6 Å². The van der Waals surface area contributed by atoms with Gasteiger partial charge in [0.05, 0.1) is 5.69 Å². The van der Waals surface area contributed by atoms with Crippen LogP contribution in [0.1, 0.15) is 15.9 Å². The van der Waals surface area contributed by atoms with Crippen molar-refractivity contribution < 1.29 is 18.7 Å². The summed E-state index contributed by atoms with van der Waals surface area (Å²) in [6.07, 6.45) is 0. The number of aromatic hydroxyl groups is 1. The second-order valence-electron chi connectivity index (χ2n) is 4.09. The van der Waals surface area contributed by atoms with Crippen LogP contribution in [0.15, 0.2) is 36.4 Å². The Balaban J connectivity index is 2.27. The molecule has 1 amide bonds. The van der Waals surface area contributed by atoms with E-state index in [0.717, 1.165) is 12.1 Å². The van der Waals surface area contributed by atoms with E-state index in [2.05, 4.69) is 5.32 Å². The highest BCUT2D eigenvalue weighted by Crippen LogP contribution is 2.20. The summed E-state index contributed by atoms with van der Waals surface area (Å²) in [6.45, 7) is 1.43. The van der Waals surface area contributed by atoms with Crippen molar-refractivity contribution in [2.75, 3.05) is 5.32 Å². The number of halogens is 2. The molecule has 0 unspecified atom stereocenters. The van der Waals surface area contributed by atoms with Gasteiger partial charge in [-0.1, -0.05) is 6.07 Å². The number of phenolic OH excluding ortho intramolecular Hbond substituents is 1. The highest BCUT2D eigenvalue weighted by Gasteiger charge is 2.12. The van der Waals surface area contributed by atoms with E-state index in [9.17, 15) is 18.7 Å². The number of aryl methyl sites for hydroxylation is 1. The van der Waals surface area contributed by atoms with Crippen LogP contribution in [-0.4, -0.2) is 11.0 Å². The number of rotatable bonds is 2. The molecule has 0 radical (unpaired) electrons. The summed E-state index contributed by atoms with van der Waals surface area (Å²) in [5.74, 6) is -2.03. The number of carbonyl (C=O) groups is 1. The van der Waals surface area contributed by atoms with Gasteiger partial charge in [0.15, 0.2) is 0 Å². The zero-order valence-corrected chi connectivity index (χ0v) is 10.1. The molecule has 0 atom stereocenters. The number of phenols is 1.